The molecule has 3 heteroatoms. The van der Waals surface area contributed by atoms with Gasteiger partial charge >= 0.3 is 0 Å². The molecule has 21 heavy (non-hydrogen) atoms. The van der Waals surface area contributed by atoms with E-state index in [2.05, 4.69) is 6.92 Å². The highest BCUT2D eigenvalue weighted by atomic mass is 16.7. The van der Waals surface area contributed by atoms with Gasteiger partial charge in [-0.25, -0.2) is 5.06 Å². The molecule has 1 spiro atoms. The van der Waals surface area contributed by atoms with E-state index in [9.17, 15) is 4.79 Å². The first-order valence-electron chi connectivity index (χ1n) is 8.24. The lowest BCUT2D eigenvalue weighted by atomic mass is 9.65. The lowest BCUT2D eigenvalue weighted by Gasteiger charge is -2.54. The van der Waals surface area contributed by atoms with Crippen LogP contribution in [0.1, 0.15) is 57.4 Å². The summed E-state index contributed by atoms with van der Waals surface area (Å²) in [7, 11) is 0. The number of rotatable bonds is 3. The number of benzene rings is 1. The SMILES string of the molecule is CC1N(OCc2ccccc2)C(=O)C12CCCCCCC2. The molecule has 1 atom stereocenters. The lowest BCUT2D eigenvalue weighted by molar-refractivity contribution is -0.269. The van der Waals surface area contributed by atoms with Gasteiger partial charge in [0.15, 0.2) is 0 Å². The van der Waals surface area contributed by atoms with Crippen LogP contribution >= 0.6 is 0 Å². The molecule has 2 aliphatic rings. The van der Waals surface area contributed by atoms with Gasteiger partial charge in [-0.15, -0.1) is 0 Å². The number of hydrogen-bond donors (Lipinski definition) is 0. The first kappa shape index (κ1) is 14.6. The number of carbonyl (C=O) groups is 1. The van der Waals surface area contributed by atoms with Crippen LogP contribution in [0.2, 0.25) is 0 Å². The van der Waals surface area contributed by atoms with Gasteiger partial charge in [0.05, 0.1) is 11.5 Å². The summed E-state index contributed by atoms with van der Waals surface area (Å²) < 4.78 is 0. The maximum Gasteiger partial charge on any atom is 0.254 e. The maximum atomic E-state index is 12.6. The fraction of sp³-hybridized carbons (Fsp3) is 0.611. The Bertz CT molecular complexity index is 477. The van der Waals surface area contributed by atoms with Crippen LogP contribution in [0.5, 0.6) is 0 Å². The second-order valence-electron chi connectivity index (χ2n) is 6.49. The quantitative estimate of drug-likeness (QED) is 0.784. The van der Waals surface area contributed by atoms with Crippen molar-refractivity contribution < 1.29 is 9.63 Å². The standard InChI is InChI=1S/C18H25NO2/c1-15-18(12-8-3-2-4-9-13-18)17(20)19(15)21-14-16-10-6-5-7-11-16/h5-7,10-11,15H,2-4,8-9,12-14H2,1H3. The molecule has 114 valence electrons. The molecule has 1 saturated carbocycles. The van der Waals surface area contributed by atoms with Crippen LogP contribution in [0.3, 0.4) is 0 Å². The van der Waals surface area contributed by atoms with Gasteiger partial charge in [-0.05, 0) is 25.3 Å². The Kier molecular flexibility index (Phi) is 4.29. The summed E-state index contributed by atoms with van der Waals surface area (Å²) in [6, 6.07) is 10.3. The van der Waals surface area contributed by atoms with Crippen LogP contribution < -0.4 is 0 Å². The van der Waals surface area contributed by atoms with Crippen molar-refractivity contribution in [3.8, 4) is 0 Å². The molecular weight excluding hydrogens is 262 g/mol. The van der Waals surface area contributed by atoms with Gasteiger partial charge in [0.25, 0.3) is 5.91 Å². The second kappa shape index (κ2) is 6.18. The molecule has 3 nitrogen and oxygen atoms in total. The van der Waals surface area contributed by atoms with Gasteiger partial charge in [0.2, 0.25) is 0 Å². The van der Waals surface area contributed by atoms with Crippen LogP contribution in [-0.4, -0.2) is 17.0 Å². The summed E-state index contributed by atoms with van der Waals surface area (Å²) in [4.78, 5) is 18.4. The van der Waals surface area contributed by atoms with Gasteiger partial charge in [-0.1, -0.05) is 62.4 Å². The molecule has 1 saturated heterocycles. The van der Waals surface area contributed by atoms with Crippen molar-refractivity contribution in [2.75, 3.05) is 0 Å². The smallest absolute Gasteiger partial charge is 0.254 e. The van der Waals surface area contributed by atoms with E-state index in [1.807, 2.05) is 30.3 Å². The third-order valence-corrected chi connectivity index (χ3v) is 5.24. The fourth-order valence-corrected chi connectivity index (χ4v) is 3.79. The number of hydroxylamine groups is 2. The van der Waals surface area contributed by atoms with Crippen molar-refractivity contribution in [3.05, 3.63) is 35.9 Å². The summed E-state index contributed by atoms with van der Waals surface area (Å²) in [6.07, 6.45) is 8.31. The van der Waals surface area contributed by atoms with E-state index < -0.39 is 0 Å². The lowest BCUT2D eigenvalue weighted by Crippen LogP contribution is -2.67. The van der Waals surface area contributed by atoms with E-state index in [-0.39, 0.29) is 17.4 Å². The minimum atomic E-state index is -0.128. The molecule has 0 N–H and O–H groups in total. The summed E-state index contributed by atoms with van der Waals surface area (Å²) in [5.41, 5.74) is 0.980. The van der Waals surface area contributed by atoms with Crippen molar-refractivity contribution in [3.63, 3.8) is 0 Å². The van der Waals surface area contributed by atoms with E-state index >= 15 is 0 Å². The van der Waals surface area contributed by atoms with Gasteiger partial charge in [0, 0.05) is 0 Å². The Morgan fingerprint density at radius 2 is 1.71 bits per heavy atom. The van der Waals surface area contributed by atoms with E-state index in [0.717, 1.165) is 18.4 Å². The Labute approximate surface area is 127 Å². The summed E-state index contributed by atoms with van der Waals surface area (Å²) in [5.74, 6) is 0.216. The molecule has 1 aromatic rings. The van der Waals surface area contributed by atoms with E-state index in [0.29, 0.717) is 6.61 Å². The number of hydrogen-bond acceptors (Lipinski definition) is 2. The molecule has 1 heterocycles. The van der Waals surface area contributed by atoms with E-state index in [1.54, 1.807) is 5.06 Å². The van der Waals surface area contributed by atoms with Crippen LogP contribution in [0, 0.1) is 5.41 Å². The summed E-state index contributed by atoms with van der Waals surface area (Å²) in [5, 5.41) is 1.62. The van der Waals surface area contributed by atoms with Crippen molar-refractivity contribution >= 4 is 5.91 Å². The average Bonchev–Trinajstić information content (AvgIpc) is 2.48. The Morgan fingerprint density at radius 1 is 1.10 bits per heavy atom. The molecule has 0 radical (unpaired) electrons. The Balaban J connectivity index is 1.60. The van der Waals surface area contributed by atoms with Gasteiger partial charge in [-0.3, -0.25) is 9.63 Å². The fourth-order valence-electron chi connectivity index (χ4n) is 3.79. The third kappa shape index (κ3) is 2.71. The van der Waals surface area contributed by atoms with Gasteiger partial charge in [0.1, 0.15) is 6.61 Å². The second-order valence-corrected chi connectivity index (χ2v) is 6.49. The van der Waals surface area contributed by atoms with Gasteiger partial charge < -0.3 is 0 Å². The summed E-state index contributed by atoms with van der Waals surface area (Å²) in [6.45, 7) is 2.63. The molecule has 1 aromatic carbocycles. The van der Waals surface area contributed by atoms with Crippen molar-refractivity contribution in [2.45, 2.75) is 64.5 Å². The first-order valence-corrected chi connectivity index (χ1v) is 8.24. The van der Waals surface area contributed by atoms with Crippen molar-refractivity contribution in [1.82, 2.24) is 5.06 Å². The van der Waals surface area contributed by atoms with Crippen molar-refractivity contribution in [1.29, 1.82) is 0 Å². The minimum absolute atomic E-state index is 0.128. The van der Waals surface area contributed by atoms with Crippen LogP contribution in [-0.2, 0) is 16.2 Å². The first-order chi connectivity index (χ1) is 10.2. The predicted octanol–water partition coefficient (Wildman–Crippen LogP) is 4.08. The largest absolute Gasteiger partial charge is 0.272 e. The van der Waals surface area contributed by atoms with E-state index in [4.69, 9.17) is 4.84 Å². The van der Waals surface area contributed by atoms with Crippen LogP contribution in [0.15, 0.2) is 30.3 Å². The van der Waals surface area contributed by atoms with Crippen LogP contribution in [0.4, 0.5) is 0 Å². The van der Waals surface area contributed by atoms with Gasteiger partial charge in [-0.2, -0.15) is 0 Å². The average molecular weight is 287 g/mol. The van der Waals surface area contributed by atoms with Crippen LogP contribution in [0.25, 0.3) is 0 Å². The molecule has 1 aliphatic heterocycles. The zero-order chi connectivity index (χ0) is 14.7. The molecule has 0 bridgehead atoms. The molecule has 1 amide bonds. The highest BCUT2D eigenvalue weighted by molar-refractivity contribution is 5.89. The molecule has 3 rings (SSSR count). The Hall–Kier alpha value is -1.35. The predicted molar refractivity (Wildman–Crippen MR) is 82.3 cm³/mol. The molecule has 0 aromatic heterocycles. The maximum absolute atomic E-state index is 12.6. The monoisotopic (exact) mass is 287 g/mol. The zero-order valence-corrected chi connectivity index (χ0v) is 12.9. The zero-order valence-electron chi connectivity index (χ0n) is 12.9. The van der Waals surface area contributed by atoms with E-state index in [1.165, 1.54) is 32.1 Å². The number of amides is 1. The number of nitrogens with zero attached hydrogens (tertiary/aromatic N) is 1. The third-order valence-electron chi connectivity index (χ3n) is 5.24. The highest BCUT2D eigenvalue weighted by Crippen LogP contribution is 2.48. The number of carbonyl (C=O) groups excluding carboxylic acids is 1. The number of β-lactam (4-membered cyclic amide) rings is 1. The molecule has 2 fully saturated rings. The topological polar surface area (TPSA) is 29.5 Å². The molecule has 1 aliphatic carbocycles. The minimum Gasteiger partial charge on any atom is -0.272 e. The summed E-state index contributed by atoms with van der Waals surface area (Å²) >= 11 is 0. The Morgan fingerprint density at radius 3 is 2.33 bits per heavy atom. The molecule has 1 unspecified atom stereocenters. The highest BCUT2D eigenvalue weighted by Gasteiger charge is 2.58. The normalized spacial score (nSPS) is 25.3. The molecular formula is C18H25NO2. The van der Waals surface area contributed by atoms with Crippen molar-refractivity contribution in [2.24, 2.45) is 5.41 Å².